The van der Waals surface area contributed by atoms with Crippen molar-refractivity contribution in [1.29, 1.82) is 0 Å². The van der Waals surface area contributed by atoms with E-state index in [1.54, 1.807) is 12.1 Å². The minimum absolute atomic E-state index is 0.0503. The molecule has 1 N–H and O–H groups in total. The second-order valence-electron chi connectivity index (χ2n) is 4.21. The highest BCUT2D eigenvalue weighted by Gasteiger charge is 2.32. The quantitative estimate of drug-likeness (QED) is 0.772. The van der Waals surface area contributed by atoms with Crippen LogP contribution in [0.4, 0.5) is 4.39 Å². The molecule has 1 fully saturated rings. The molecule has 0 atom stereocenters. The molecule has 0 spiro atoms. The van der Waals surface area contributed by atoms with Gasteiger partial charge in [0, 0.05) is 19.2 Å². The lowest BCUT2D eigenvalue weighted by Crippen LogP contribution is -2.59. The van der Waals surface area contributed by atoms with Gasteiger partial charge in [-0.3, -0.25) is 0 Å². The molecule has 1 heterocycles. The van der Waals surface area contributed by atoms with Crippen molar-refractivity contribution >= 4 is 0 Å². The van der Waals surface area contributed by atoms with Gasteiger partial charge in [0.2, 0.25) is 0 Å². The molecular weight excluding hydrogens is 209 g/mol. The van der Waals surface area contributed by atoms with Crippen LogP contribution in [0, 0.1) is 5.82 Å². The van der Waals surface area contributed by atoms with E-state index in [1.165, 1.54) is 12.1 Å². The molecule has 0 aromatic heterocycles. The minimum atomic E-state index is -0.284. The average molecular weight is 225 g/mol. The summed E-state index contributed by atoms with van der Waals surface area (Å²) in [5.41, 5.74) is -0.0503. The van der Waals surface area contributed by atoms with Crippen LogP contribution in [0.25, 0.3) is 0 Å². The first kappa shape index (κ1) is 11.4. The monoisotopic (exact) mass is 225 g/mol. The molecule has 1 aromatic rings. The summed E-state index contributed by atoms with van der Waals surface area (Å²) in [6, 6.07) is 6.12. The third-order valence-corrected chi connectivity index (χ3v) is 2.60. The van der Waals surface area contributed by atoms with Crippen molar-refractivity contribution in [2.75, 3.05) is 26.3 Å². The highest BCUT2D eigenvalue weighted by molar-refractivity contribution is 5.22. The van der Waals surface area contributed by atoms with E-state index in [4.69, 9.17) is 9.47 Å². The lowest BCUT2D eigenvalue weighted by molar-refractivity contribution is -0.0745. The van der Waals surface area contributed by atoms with Gasteiger partial charge in [-0.1, -0.05) is 6.07 Å². The fourth-order valence-electron chi connectivity index (χ4n) is 1.58. The van der Waals surface area contributed by atoms with Crippen molar-refractivity contribution in [3.05, 3.63) is 30.1 Å². The Morgan fingerprint density at radius 2 is 2.19 bits per heavy atom. The lowest BCUT2D eigenvalue weighted by atomic mass is 10.0. The van der Waals surface area contributed by atoms with E-state index in [-0.39, 0.29) is 11.4 Å². The fraction of sp³-hybridized carbons (Fsp3) is 0.500. The van der Waals surface area contributed by atoms with Gasteiger partial charge in [0.05, 0.1) is 12.2 Å². The van der Waals surface area contributed by atoms with Crippen molar-refractivity contribution in [2.24, 2.45) is 0 Å². The van der Waals surface area contributed by atoms with Crippen LogP contribution in [-0.4, -0.2) is 31.9 Å². The van der Waals surface area contributed by atoms with Crippen LogP contribution in [0.15, 0.2) is 24.3 Å². The third kappa shape index (κ3) is 2.93. The SMILES string of the molecule is CC1(OCCOc2cccc(F)c2)CNC1. The van der Waals surface area contributed by atoms with Gasteiger partial charge in [0.15, 0.2) is 0 Å². The molecule has 16 heavy (non-hydrogen) atoms. The Morgan fingerprint density at radius 1 is 1.38 bits per heavy atom. The maximum Gasteiger partial charge on any atom is 0.126 e. The number of nitrogens with one attached hydrogen (secondary N) is 1. The van der Waals surface area contributed by atoms with Gasteiger partial charge >= 0.3 is 0 Å². The number of rotatable bonds is 5. The molecule has 0 unspecified atom stereocenters. The Labute approximate surface area is 94.6 Å². The number of halogens is 1. The van der Waals surface area contributed by atoms with Gasteiger partial charge in [-0.15, -0.1) is 0 Å². The summed E-state index contributed by atoms with van der Waals surface area (Å²) in [6.45, 7) is 4.79. The van der Waals surface area contributed by atoms with E-state index in [0.717, 1.165) is 13.1 Å². The van der Waals surface area contributed by atoms with E-state index in [2.05, 4.69) is 12.2 Å². The minimum Gasteiger partial charge on any atom is -0.491 e. The zero-order chi connectivity index (χ0) is 11.4. The molecule has 1 aliphatic rings. The number of benzene rings is 1. The topological polar surface area (TPSA) is 30.5 Å². The number of hydrogen-bond donors (Lipinski definition) is 1. The largest absolute Gasteiger partial charge is 0.491 e. The van der Waals surface area contributed by atoms with E-state index in [9.17, 15) is 4.39 Å². The Bertz CT molecular complexity index is 353. The number of hydrogen-bond acceptors (Lipinski definition) is 3. The summed E-state index contributed by atoms with van der Waals surface area (Å²) < 4.78 is 23.8. The van der Waals surface area contributed by atoms with E-state index >= 15 is 0 Å². The Morgan fingerprint density at radius 3 is 2.81 bits per heavy atom. The van der Waals surface area contributed by atoms with Crippen LogP contribution < -0.4 is 10.1 Å². The summed E-state index contributed by atoms with van der Waals surface area (Å²) in [7, 11) is 0. The van der Waals surface area contributed by atoms with Crippen LogP contribution in [-0.2, 0) is 4.74 Å². The van der Waals surface area contributed by atoms with Crippen molar-refractivity contribution in [3.8, 4) is 5.75 Å². The van der Waals surface area contributed by atoms with Gasteiger partial charge in [-0.2, -0.15) is 0 Å². The van der Waals surface area contributed by atoms with Gasteiger partial charge < -0.3 is 14.8 Å². The maximum atomic E-state index is 12.8. The second kappa shape index (κ2) is 4.80. The molecule has 1 aliphatic heterocycles. The summed E-state index contributed by atoms with van der Waals surface area (Å²) in [4.78, 5) is 0. The predicted molar refractivity (Wildman–Crippen MR) is 59.1 cm³/mol. The van der Waals surface area contributed by atoms with Crippen molar-refractivity contribution in [1.82, 2.24) is 5.32 Å². The molecule has 0 bridgehead atoms. The molecule has 0 aliphatic carbocycles. The Balaban J connectivity index is 1.68. The van der Waals surface area contributed by atoms with E-state index in [1.807, 2.05) is 0 Å². The molecule has 3 nitrogen and oxygen atoms in total. The molecule has 0 saturated carbocycles. The Kier molecular flexibility index (Phi) is 3.41. The maximum absolute atomic E-state index is 12.8. The van der Waals surface area contributed by atoms with Crippen molar-refractivity contribution in [2.45, 2.75) is 12.5 Å². The normalized spacial score (nSPS) is 17.9. The first-order valence-electron chi connectivity index (χ1n) is 5.41. The number of ether oxygens (including phenoxy) is 2. The summed E-state index contributed by atoms with van der Waals surface area (Å²) in [6.07, 6.45) is 0. The average Bonchev–Trinajstić information content (AvgIpc) is 2.22. The standard InChI is InChI=1S/C12H16FNO2/c1-12(8-14-9-12)16-6-5-15-11-4-2-3-10(13)7-11/h2-4,7,14H,5-6,8-9H2,1H3. The summed E-state index contributed by atoms with van der Waals surface area (Å²) in [5, 5.41) is 3.15. The van der Waals surface area contributed by atoms with Gasteiger partial charge in [-0.05, 0) is 19.1 Å². The second-order valence-corrected chi connectivity index (χ2v) is 4.21. The van der Waals surface area contributed by atoms with Crippen LogP contribution in [0.1, 0.15) is 6.92 Å². The molecule has 4 heteroatoms. The van der Waals surface area contributed by atoms with E-state index in [0.29, 0.717) is 19.0 Å². The first-order valence-corrected chi connectivity index (χ1v) is 5.41. The van der Waals surface area contributed by atoms with Gasteiger partial charge in [0.1, 0.15) is 18.2 Å². The van der Waals surface area contributed by atoms with E-state index < -0.39 is 0 Å². The fourth-order valence-corrected chi connectivity index (χ4v) is 1.58. The zero-order valence-electron chi connectivity index (χ0n) is 9.33. The molecule has 1 saturated heterocycles. The third-order valence-electron chi connectivity index (χ3n) is 2.60. The first-order chi connectivity index (χ1) is 7.68. The summed E-state index contributed by atoms with van der Waals surface area (Å²) in [5.74, 6) is 0.258. The molecule has 88 valence electrons. The lowest BCUT2D eigenvalue weighted by Gasteiger charge is -2.39. The smallest absolute Gasteiger partial charge is 0.126 e. The summed E-state index contributed by atoms with van der Waals surface area (Å²) >= 11 is 0. The molecule has 0 amide bonds. The van der Waals surface area contributed by atoms with Crippen LogP contribution in [0.3, 0.4) is 0 Å². The molecular formula is C12H16FNO2. The highest BCUT2D eigenvalue weighted by Crippen LogP contribution is 2.15. The zero-order valence-corrected chi connectivity index (χ0v) is 9.33. The van der Waals surface area contributed by atoms with Crippen molar-refractivity contribution < 1.29 is 13.9 Å². The van der Waals surface area contributed by atoms with Crippen LogP contribution in [0.5, 0.6) is 5.75 Å². The molecule has 2 rings (SSSR count). The predicted octanol–water partition coefficient (Wildman–Crippen LogP) is 1.58. The van der Waals surface area contributed by atoms with Crippen molar-refractivity contribution in [3.63, 3.8) is 0 Å². The Hall–Kier alpha value is -1.13. The highest BCUT2D eigenvalue weighted by atomic mass is 19.1. The van der Waals surface area contributed by atoms with Crippen LogP contribution in [0.2, 0.25) is 0 Å². The molecule has 1 aromatic carbocycles. The van der Waals surface area contributed by atoms with Gasteiger partial charge in [-0.25, -0.2) is 4.39 Å². The van der Waals surface area contributed by atoms with Gasteiger partial charge in [0.25, 0.3) is 0 Å². The van der Waals surface area contributed by atoms with Crippen LogP contribution >= 0.6 is 0 Å². The molecule has 0 radical (unpaired) electrons.